The lowest BCUT2D eigenvalue weighted by Crippen LogP contribution is -2.42. The number of aliphatic carboxylic acids is 1. The topological polar surface area (TPSA) is 75.6 Å². The fourth-order valence-electron chi connectivity index (χ4n) is 1.20. The van der Waals surface area contributed by atoms with Gasteiger partial charge in [-0.25, -0.2) is 4.79 Å². The average molecular weight is 277 g/mol. The molecule has 1 amide bonds. The van der Waals surface area contributed by atoms with E-state index in [1.165, 1.54) is 0 Å². The molecule has 0 fully saturated rings. The standard InChI is InChI=1S/C12H23NO4S/c1-12(2,3)17-7-5-9(11(15)16)13-10(14)6-8-18-4/h9H,5-8H2,1-4H3,(H,13,14)(H,15,16). The van der Waals surface area contributed by atoms with Crippen LogP contribution in [0, 0.1) is 0 Å². The summed E-state index contributed by atoms with van der Waals surface area (Å²) >= 11 is 1.55. The fourth-order valence-corrected chi connectivity index (χ4v) is 1.59. The molecule has 18 heavy (non-hydrogen) atoms. The fraction of sp³-hybridized carbons (Fsp3) is 0.833. The Bertz CT molecular complexity index is 276. The van der Waals surface area contributed by atoms with Crippen molar-refractivity contribution in [2.75, 3.05) is 18.6 Å². The van der Waals surface area contributed by atoms with Gasteiger partial charge in [0.25, 0.3) is 0 Å². The van der Waals surface area contributed by atoms with E-state index < -0.39 is 12.0 Å². The van der Waals surface area contributed by atoms with Crippen molar-refractivity contribution in [2.24, 2.45) is 0 Å². The highest BCUT2D eigenvalue weighted by Crippen LogP contribution is 2.08. The number of carbonyl (C=O) groups is 2. The second kappa shape index (κ2) is 8.37. The second-order valence-corrected chi connectivity index (χ2v) is 5.94. The Kier molecular flexibility index (Phi) is 8.02. The minimum atomic E-state index is -1.02. The van der Waals surface area contributed by atoms with Gasteiger partial charge in [-0.2, -0.15) is 11.8 Å². The van der Waals surface area contributed by atoms with Crippen molar-refractivity contribution in [1.29, 1.82) is 0 Å². The molecule has 0 heterocycles. The number of hydrogen-bond acceptors (Lipinski definition) is 4. The van der Waals surface area contributed by atoms with Crippen molar-refractivity contribution in [1.82, 2.24) is 5.32 Å². The Morgan fingerprint density at radius 2 is 2.00 bits per heavy atom. The van der Waals surface area contributed by atoms with Crippen LogP contribution in [0.3, 0.4) is 0 Å². The molecule has 0 aromatic carbocycles. The van der Waals surface area contributed by atoms with Crippen molar-refractivity contribution in [3.8, 4) is 0 Å². The van der Waals surface area contributed by atoms with Crippen LogP contribution in [0.1, 0.15) is 33.6 Å². The molecule has 5 nitrogen and oxygen atoms in total. The van der Waals surface area contributed by atoms with Gasteiger partial charge in [0, 0.05) is 25.2 Å². The number of ether oxygens (including phenoxy) is 1. The first-order chi connectivity index (χ1) is 8.26. The molecular weight excluding hydrogens is 254 g/mol. The van der Waals surface area contributed by atoms with Crippen molar-refractivity contribution in [2.45, 2.75) is 45.3 Å². The molecule has 0 aliphatic carbocycles. The summed E-state index contributed by atoms with van der Waals surface area (Å²) in [7, 11) is 0. The maximum absolute atomic E-state index is 11.4. The van der Waals surface area contributed by atoms with E-state index in [0.29, 0.717) is 18.8 Å². The highest BCUT2D eigenvalue weighted by Gasteiger charge is 2.20. The van der Waals surface area contributed by atoms with E-state index in [9.17, 15) is 9.59 Å². The predicted molar refractivity (Wildman–Crippen MR) is 72.9 cm³/mol. The van der Waals surface area contributed by atoms with Crippen LogP contribution in [-0.2, 0) is 14.3 Å². The minimum absolute atomic E-state index is 0.229. The van der Waals surface area contributed by atoms with Gasteiger partial charge < -0.3 is 15.2 Å². The number of thioether (sulfide) groups is 1. The van der Waals surface area contributed by atoms with Crippen LogP contribution >= 0.6 is 11.8 Å². The lowest BCUT2D eigenvalue weighted by Gasteiger charge is -2.21. The highest BCUT2D eigenvalue weighted by atomic mass is 32.2. The van der Waals surface area contributed by atoms with Crippen LogP contribution in [0.4, 0.5) is 0 Å². The maximum atomic E-state index is 11.4. The SMILES string of the molecule is CSCCC(=O)NC(CCOC(C)(C)C)C(=O)O. The van der Waals surface area contributed by atoms with Crippen molar-refractivity contribution >= 4 is 23.6 Å². The van der Waals surface area contributed by atoms with E-state index in [4.69, 9.17) is 9.84 Å². The Labute approximate surface area is 113 Å². The molecule has 0 aliphatic rings. The Balaban J connectivity index is 4.08. The number of carbonyl (C=O) groups excluding carboxylic acids is 1. The van der Waals surface area contributed by atoms with E-state index in [1.807, 2.05) is 27.0 Å². The van der Waals surface area contributed by atoms with E-state index in [-0.39, 0.29) is 17.9 Å². The van der Waals surface area contributed by atoms with Crippen molar-refractivity contribution in [3.05, 3.63) is 0 Å². The van der Waals surface area contributed by atoms with E-state index >= 15 is 0 Å². The lowest BCUT2D eigenvalue weighted by molar-refractivity contribution is -0.142. The lowest BCUT2D eigenvalue weighted by atomic mass is 10.1. The third-order valence-electron chi connectivity index (χ3n) is 2.11. The number of amides is 1. The van der Waals surface area contributed by atoms with Gasteiger partial charge in [0.15, 0.2) is 0 Å². The molecule has 106 valence electrons. The Morgan fingerprint density at radius 1 is 1.39 bits per heavy atom. The third-order valence-corrected chi connectivity index (χ3v) is 2.72. The van der Waals surface area contributed by atoms with E-state index in [0.717, 1.165) is 0 Å². The Morgan fingerprint density at radius 3 is 2.44 bits per heavy atom. The first kappa shape index (κ1) is 17.2. The van der Waals surface area contributed by atoms with E-state index in [2.05, 4.69) is 5.32 Å². The predicted octanol–water partition coefficient (Wildman–Crippen LogP) is 1.51. The molecule has 0 radical (unpaired) electrons. The summed E-state index contributed by atoms with van der Waals surface area (Å²) in [6.45, 7) is 6.02. The summed E-state index contributed by atoms with van der Waals surface area (Å²) in [5.74, 6) is -0.561. The maximum Gasteiger partial charge on any atom is 0.326 e. The third kappa shape index (κ3) is 9.30. The molecule has 0 aromatic heterocycles. The molecule has 0 rings (SSSR count). The van der Waals surface area contributed by atoms with Gasteiger partial charge in [-0.3, -0.25) is 4.79 Å². The molecule has 0 bridgehead atoms. The molecule has 0 aromatic rings. The van der Waals surface area contributed by atoms with E-state index in [1.54, 1.807) is 11.8 Å². The van der Waals surface area contributed by atoms with Crippen LogP contribution in [0.5, 0.6) is 0 Å². The molecule has 0 saturated heterocycles. The summed E-state index contributed by atoms with van der Waals surface area (Å²) in [5.41, 5.74) is -0.300. The summed E-state index contributed by atoms with van der Waals surface area (Å²) in [6, 6.07) is -0.873. The summed E-state index contributed by atoms with van der Waals surface area (Å²) in [5, 5.41) is 11.5. The number of hydrogen-bond donors (Lipinski definition) is 2. The molecule has 0 saturated carbocycles. The molecule has 6 heteroatoms. The molecule has 1 atom stereocenters. The number of nitrogens with one attached hydrogen (secondary N) is 1. The number of rotatable bonds is 8. The van der Waals surface area contributed by atoms with Gasteiger partial charge in [0.1, 0.15) is 6.04 Å². The average Bonchev–Trinajstić information content (AvgIpc) is 2.23. The quantitative estimate of drug-likeness (QED) is 0.703. The smallest absolute Gasteiger partial charge is 0.326 e. The van der Waals surface area contributed by atoms with Crippen LogP contribution in [-0.4, -0.2) is 47.2 Å². The van der Waals surface area contributed by atoms with Crippen LogP contribution in [0.15, 0.2) is 0 Å². The van der Waals surface area contributed by atoms with Crippen LogP contribution in [0.25, 0.3) is 0 Å². The molecule has 1 unspecified atom stereocenters. The van der Waals surface area contributed by atoms with Gasteiger partial charge in [0.05, 0.1) is 5.60 Å². The van der Waals surface area contributed by atoms with Gasteiger partial charge in [-0.15, -0.1) is 0 Å². The second-order valence-electron chi connectivity index (χ2n) is 4.95. The first-order valence-electron chi connectivity index (χ1n) is 5.91. The summed E-state index contributed by atoms with van der Waals surface area (Å²) in [4.78, 5) is 22.4. The zero-order valence-electron chi connectivity index (χ0n) is 11.5. The van der Waals surface area contributed by atoms with Crippen LogP contribution < -0.4 is 5.32 Å². The Hall–Kier alpha value is -0.750. The van der Waals surface area contributed by atoms with Gasteiger partial charge in [-0.05, 0) is 27.0 Å². The largest absolute Gasteiger partial charge is 0.480 e. The number of carboxylic acid groups (broad SMARTS) is 1. The molecule has 0 spiro atoms. The van der Waals surface area contributed by atoms with Gasteiger partial charge >= 0.3 is 5.97 Å². The van der Waals surface area contributed by atoms with Crippen molar-refractivity contribution < 1.29 is 19.4 Å². The van der Waals surface area contributed by atoms with Gasteiger partial charge in [0.2, 0.25) is 5.91 Å². The molecule has 0 aliphatic heterocycles. The van der Waals surface area contributed by atoms with Crippen LogP contribution in [0.2, 0.25) is 0 Å². The minimum Gasteiger partial charge on any atom is -0.480 e. The normalized spacial score (nSPS) is 13.1. The summed E-state index contributed by atoms with van der Waals surface area (Å²) < 4.78 is 5.45. The van der Waals surface area contributed by atoms with Gasteiger partial charge in [-0.1, -0.05) is 0 Å². The highest BCUT2D eigenvalue weighted by molar-refractivity contribution is 7.98. The van der Waals surface area contributed by atoms with Crippen molar-refractivity contribution in [3.63, 3.8) is 0 Å². The monoisotopic (exact) mass is 277 g/mol. The molecule has 2 N–H and O–H groups in total. The first-order valence-corrected chi connectivity index (χ1v) is 7.30. The zero-order chi connectivity index (χ0) is 14.2. The molecular formula is C12H23NO4S. The zero-order valence-corrected chi connectivity index (χ0v) is 12.3. The number of carboxylic acids is 1. The summed E-state index contributed by atoms with van der Waals surface area (Å²) in [6.07, 6.45) is 2.52.